The van der Waals surface area contributed by atoms with Crippen molar-refractivity contribution in [3.05, 3.63) is 27.7 Å². The summed E-state index contributed by atoms with van der Waals surface area (Å²) in [5.74, 6) is 6.69. The summed E-state index contributed by atoms with van der Waals surface area (Å²) in [5, 5.41) is 4.44. The predicted molar refractivity (Wildman–Crippen MR) is 82.3 cm³/mol. The number of guanidine groups is 1. The van der Waals surface area contributed by atoms with Crippen LogP contribution in [0.1, 0.15) is 12.5 Å². The molecule has 1 aromatic carbocycles. The van der Waals surface area contributed by atoms with Gasteiger partial charge in [-0.1, -0.05) is 29.1 Å². The van der Waals surface area contributed by atoms with E-state index in [4.69, 9.17) is 23.2 Å². The van der Waals surface area contributed by atoms with E-state index in [2.05, 4.69) is 22.2 Å². The Kier molecular flexibility index (Phi) is 4.57. The standard InChI is InChI=1S/C14H15Cl2N3/c1-3-4-7-19(14-17-5-6-18-14)13-11(15)8-10(2)9-12(13)16/h8-9H,5-7H2,1-2H3,(H,17,18). The van der Waals surface area contributed by atoms with E-state index < -0.39 is 0 Å². The fourth-order valence-corrected chi connectivity index (χ4v) is 2.73. The zero-order valence-corrected chi connectivity index (χ0v) is 12.4. The minimum Gasteiger partial charge on any atom is -0.354 e. The van der Waals surface area contributed by atoms with Crippen LogP contribution in [0, 0.1) is 18.8 Å². The van der Waals surface area contributed by atoms with Crippen molar-refractivity contribution in [3.63, 3.8) is 0 Å². The average Bonchev–Trinajstić information content (AvgIpc) is 2.85. The molecule has 0 aliphatic carbocycles. The second kappa shape index (κ2) is 6.18. The zero-order valence-electron chi connectivity index (χ0n) is 10.9. The van der Waals surface area contributed by atoms with Crippen molar-refractivity contribution in [3.8, 4) is 11.8 Å². The lowest BCUT2D eigenvalue weighted by atomic mass is 10.2. The number of benzene rings is 1. The summed E-state index contributed by atoms with van der Waals surface area (Å²) < 4.78 is 0. The van der Waals surface area contributed by atoms with E-state index in [1.807, 2.05) is 24.0 Å². The first kappa shape index (κ1) is 14.0. The van der Waals surface area contributed by atoms with Gasteiger partial charge in [0.2, 0.25) is 0 Å². The van der Waals surface area contributed by atoms with Crippen molar-refractivity contribution in [2.75, 3.05) is 24.5 Å². The van der Waals surface area contributed by atoms with Gasteiger partial charge in [-0.15, -0.1) is 5.92 Å². The molecular formula is C14H15Cl2N3. The van der Waals surface area contributed by atoms with Crippen LogP contribution < -0.4 is 10.2 Å². The van der Waals surface area contributed by atoms with Gasteiger partial charge in [-0.3, -0.25) is 9.89 Å². The molecule has 1 aliphatic rings. The SMILES string of the molecule is CC#CCN(C1=NCCN1)c1c(Cl)cc(C)cc1Cl. The van der Waals surface area contributed by atoms with Crippen LogP contribution in [-0.2, 0) is 0 Å². The molecule has 0 fully saturated rings. The molecule has 0 aromatic heterocycles. The smallest absolute Gasteiger partial charge is 0.199 e. The fourth-order valence-electron chi connectivity index (χ4n) is 1.93. The van der Waals surface area contributed by atoms with Crippen LogP contribution in [0.2, 0.25) is 10.0 Å². The topological polar surface area (TPSA) is 27.6 Å². The van der Waals surface area contributed by atoms with Crippen molar-refractivity contribution < 1.29 is 0 Å². The number of nitrogens with one attached hydrogen (secondary N) is 1. The maximum Gasteiger partial charge on any atom is 0.199 e. The molecule has 1 aliphatic heterocycles. The molecule has 1 aromatic rings. The molecule has 1 N–H and O–H groups in total. The van der Waals surface area contributed by atoms with Gasteiger partial charge in [0.25, 0.3) is 0 Å². The van der Waals surface area contributed by atoms with E-state index in [1.54, 1.807) is 6.92 Å². The molecule has 100 valence electrons. The van der Waals surface area contributed by atoms with Crippen molar-refractivity contribution in [1.29, 1.82) is 0 Å². The molecule has 19 heavy (non-hydrogen) atoms. The maximum atomic E-state index is 6.33. The Morgan fingerprint density at radius 2 is 2.05 bits per heavy atom. The number of hydrogen-bond donors (Lipinski definition) is 1. The van der Waals surface area contributed by atoms with Crippen LogP contribution in [0.15, 0.2) is 17.1 Å². The average molecular weight is 296 g/mol. The van der Waals surface area contributed by atoms with E-state index >= 15 is 0 Å². The van der Waals surface area contributed by atoms with Gasteiger partial charge in [0.1, 0.15) is 0 Å². The third kappa shape index (κ3) is 3.15. The molecule has 2 rings (SSSR count). The summed E-state index contributed by atoms with van der Waals surface area (Å²) in [6.45, 7) is 5.85. The van der Waals surface area contributed by atoms with Gasteiger partial charge < -0.3 is 5.32 Å². The summed E-state index contributed by atoms with van der Waals surface area (Å²) in [4.78, 5) is 6.34. The minimum absolute atomic E-state index is 0.505. The van der Waals surface area contributed by atoms with E-state index in [1.165, 1.54) is 0 Å². The lowest BCUT2D eigenvalue weighted by molar-refractivity contribution is 0.947. The Balaban J connectivity index is 2.45. The lowest BCUT2D eigenvalue weighted by Gasteiger charge is -2.24. The second-order valence-electron chi connectivity index (χ2n) is 4.22. The highest BCUT2D eigenvalue weighted by Gasteiger charge is 2.21. The quantitative estimate of drug-likeness (QED) is 0.849. The van der Waals surface area contributed by atoms with Gasteiger partial charge in [0.05, 0.1) is 28.8 Å². The fraction of sp³-hybridized carbons (Fsp3) is 0.357. The van der Waals surface area contributed by atoms with Gasteiger partial charge in [-0.2, -0.15) is 0 Å². The molecule has 0 amide bonds. The van der Waals surface area contributed by atoms with Crippen LogP contribution in [0.25, 0.3) is 0 Å². The zero-order chi connectivity index (χ0) is 13.8. The molecule has 0 unspecified atom stereocenters. The molecule has 5 heteroatoms. The molecule has 0 saturated heterocycles. The minimum atomic E-state index is 0.505. The number of nitrogens with zero attached hydrogens (tertiary/aromatic N) is 2. The van der Waals surface area contributed by atoms with Crippen LogP contribution in [0.4, 0.5) is 5.69 Å². The summed E-state index contributed by atoms with van der Waals surface area (Å²) in [6.07, 6.45) is 0. The monoisotopic (exact) mass is 295 g/mol. The van der Waals surface area contributed by atoms with E-state index in [0.717, 1.165) is 30.3 Å². The van der Waals surface area contributed by atoms with Crippen molar-refractivity contribution in [1.82, 2.24) is 5.32 Å². The molecule has 3 nitrogen and oxygen atoms in total. The Labute approximate surface area is 123 Å². The van der Waals surface area contributed by atoms with Crippen LogP contribution in [-0.4, -0.2) is 25.6 Å². The molecule has 0 atom stereocenters. The van der Waals surface area contributed by atoms with Crippen LogP contribution in [0.5, 0.6) is 0 Å². The summed E-state index contributed by atoms with van der Waals surface area (Å²) >= 11 is 12.7. The molecule has 0 radical (unpaired) electrons. The largest absolute Gasteiger partial charge is 0.354 e. The first-order valence-corrected chi connectivity index (χ1v) is 6.80. The lowest BCUT2D eigenvalue weighted by Crippen LogP contribution is -2.39. The highest BCUT2D eigenvalue weighted by molar-refractivity contribution is 6.40. The second-order valence-corrected chi connectivity index (χ2v) is 5.04. The van der Waals surface area contributed by atoms with Crippen LogP contribution in [0.3, 0.4) is 0 Å². The Hall–Kier alpha value is -1.37. The normalized spacial score (nSPS) is 13.4. The van der Waals surface area contributed by atoms with Gasteiger partial charge in [-0.05, 0) is 31.5 Å². The number of hydrogen-bond acceptors (Lipinski definition) is 3. The maximum absolute atomic E-state index is 6.33. The summed E-state index contributed by atoms with van der Waals surface area (Å²) in [6, 6.07) is 3.79. The highest BCUT2D eigenvalue weighted by atomic mass is 35.5. The first-order chi connectivity index (χ1) is 9.13. The van der Waals surface area contributed by atoms with E-state index in [9.17, 15) is 0 Å². The predicted octanol–water partition coefficient (Wildman–Crippen LogP) is 3.09. The number of rotatable bonds is 2. The number of aliphatic imine (C=N–C) groups is 1. The number of halogens is 2. The van der Waals surface area contributed by atoms with Gasteiger partial charge in [0, 0.05) is 6.54 Å². The highest BCUT2D eigenvalue weighted by Crippen LogP contribution is 2.35. The molecule has 0 bridgehead atoms. The van der Waals surface area contributed by atoms with Crippen molar-refractivity contribution in [2.45, 2.75) is 13.8 Å². The summed E-state index contributed by atoms with van der Waals surface area (Å²) in [7, 11) is 0. The van der Waals surface area contributed by atoms with Gasteiger partial charge in [0.15, 0.2) is 5.96 Å². The summed E-state index contributed by atoms with van der Waals surface area (Å²) in [5.41, 5.74) is 1.78. The van der Waals surface area contributed by atoms with E-state index in [-0.39, 0.29) is 0 Å². The molecule has 0 saturated carbocycles. The van der Waals surface area contributed by atoms with Crippen molar-refractivity contribution in [2.24, 2.45) is 4.99 Å². The first-order valence-electron chi connectivity index (χ1n) is 6.04. The van der Waals surface area contributed by atoms with Gasteiger partial charge >= 0.3 is 0 Å². The van der Waals surface area contributed by atoms with Gasteiger partial charge in [-0.25, -0.2) is 0 Å². The Bertz CT molecular complexity index is 547. The van der Waals surface area contributed by atoms with E-state index in [0.29, 0.717) is 16.6 Å². The number of anilines is 1. The molecule has 0 spiro atoms. The Morgan fingerprint density at radius 3 is 2.58 bits per heavy atom. The van der Waals surface area contributed by atoms with Crippen molar-refractivity contribution >= 4 is 34.8 Å². The molecular weight excluding hydrogens is 281 g/mol. The molecule has 1 heterocycles. The third-order valence-corrected chi connectivity index (χ3v) is 3.33. The Morgan fingerprint density at radius 1 is 1.37 bits per heavy atom. The third-order valence-electron chi connectivity index (χ3n) is 2.76. The van der Waals surface area contributed by atoms with Crippen LogP contribution >= 0.6 is 23.2 Å². The number of aryl methyl sites for hydroxylation is 1.